The van der Waals surface area contributed by atoms with Crippen molar-refractivity contribution in [1.82, 2.24) is 10.6 Å². The highest BCUT2D eigenvalue weighted by molar-refractivity contribution is 7.80. The van der Waals surface area contributed by atoms with Gasteiger partial charge in [-0.25, -0.2) is 0 Å². The Bertz CT molecular complexity index is 367. The second kappa shape index (κ2) is 9.40. The third-order valence-corrected chi connectivity index (χ3v) is 2.10. The van der Waals surface area contributed by atoms with Crippen molar-refractivity contribution < 1.29 is 9.59 Å². The summed E-state index contributed by atoms with van der Waals surface area (Å²) in [5, 5.41) is 5.17. The lowest BCUT2D eigenvalue weighted by molar-refractivity contribution is -0.117. The second-order valence-corrected chi connectivity index (χ2v) is 3.68. The van der Waals surface area contributed by atoms with Crippen LogP contribution in [0.3, 0.4) is 0 Å². The molecule has 7 nitrogen and oxygen atoms in total. The Hall–Kier alpha value is -1.64. The van der Waals surface area contributed by atoms with E-state index < -0.39 is 17.9 Å². The molecule has 0 aromatic carbocycles. The Morgan fingerprint density at radius 1 is 1.50 bits per heavy atom. The van der Waals surface area contributed by atoms with E-state index in [0.717, 1.165) is 0 Å². The summed E-state index contributed by atoms with van der Waals surface area (Å²) in [5.74, 6) is -1.26. The zero-order chi connectivity index (χ0) is 14.0. The van der Waals surface area contributed by atoms with Crippen molar-refractivity contribution in [1.29, 1.82) is 0 Å². The lowest BCUT2D eigenvalue weighted by Crippen LogP contribution is -2.49. The predicted octanol–water partition coefficient (Wildman–Crippen LogP) is -1.91. The molecule has 0 rings (SSSR count). The fraction of sp³-hybridized carbons (Fsp3) is 0.400. The molecule has 2 amide bonds. The van der Waals surface area contributed by atoms with E-state index in [1.54, 1.807) is 19.3 Å². The summed E-state index contributed by atoms with van der Waals surface area (Å²) in [6, 6.07) is -1.16. The van der Waals surface area contributed by atoms with Gasteiger partial charge in [-0.1, -0.05) is 18.3 Å². The van der Waals surface area contributed by atoms with Gasteiger partial charge in [-0.15, -0.1) is 0 Å². The fourth-order valence-electron chi connectivity index (χ4n) is 0.821. The zero-order valence-electron chi connectivity index (χ0n) is 10.1. The van der Waals surface area contributed by atoms with Gasteiger partial charge in [-0.05, 0) is 7.05 Å². The quantitative estimate of drug-likeness (QED) is 0.244. The van der Waals surface area contributed by atoms with Crippen LogP contribution in [0.25, 0.3) is 0 Å². The van der Waals surface area contributed by atoms with Crippen LogP contribution in [0.5, 0.6) is 0 Å². The summed E-state index contributed by atoms with van der Waals surface area (Å²) >= 11 is 4.74. The molecule has 8 heteroatoms. The molecule has 0 bridgehead atoms. The smallest absolute Gasteiger partial charge is 0.248 e. The van der Waals surface area contributed by atoms with Crippen LogP contribution in [0, 0.1) is 0 Å². The number of nitrogens with two attached hydrogens (primary N) is 2. The highest BCUT2D eigenvalue weighted by Gasteiger charge is 2.16. The number of carbonyl (C=O) groups excluding carboxylic acids is 2. The first kappa shape index (κ1) is 16.4. The summed E-state index contributed by atoms with van der Waals surface area (Å²) < 4.78 is 0. The number of aliphatic imine (C=N–C) groups is 1. The van der Waals surface area contributed by atoms with Gasteiger partial charge in [-0.2, -0.15) is 0 Å². The average molecular weight is 271 g/mol. The van der Waals surface area contributed by atoms with Crippen LogP contribution in [0.15, 0.2) is 17.1 Å². The number of carbonyl (C=O) groups is 2. The van der Waals surface area contributed by atoms with Crippen LogP contribution in [0.4, 0.5) is 0 Å². The first-order valence-electron chi connectivity index (χ1n) is 5.18. The standard InChI is InChI=1S/C10H17N5O2S/c1-13-5-6-14-4-2-3-7(16)15-10(18)8(11)9(12)17/h2-3,6,8,13H,4-5,11H2,1H3,(H2,12,17)(H,15,16,18)/b3-2+,14-6?. The zero-order valence-corrected chi connectivity index (χ0v) is 10.9. The topological polar surface area (TPSA) is 123 Å². The van der Waals surface area contributed by atoms with E-state index in [1.165, 1.54) is 6.08 Å². The number of hydrogen-bond acceptors (Lipinski definition) is 6. The van der Waals surface area contributed by atoms with Gasteiger partial charge in [0.25, 0.3) is 0 Å². The van der Waals surface area contributed by atoms with E-state index >= 15 is 0 Å². The van der Waals surface area contributed by atoms with E-state index in [0.29, 0.717) is 13.1 Å². The first-order chi connectivity index (χ1) is 8.49. The molecule has 18 heavy (non-hydrogen) atoms. The lowest BCUT2D eigenvalue weighted by Gasteiger charge is -2.08. The maximum Gasteiger partial charge on any atom is 0.248 e. The maximum atomic E-state index is 11.3. The highest BCUT2D eigenvalue weighted by atomic mass is 32.1. The van der Waals surface area contributed by atoms with Crippen LogP contribution >= 0.6 is 12.2 Å². The van der Waals surface area contributed by atoms with Crippen molar-refractivity contribution in [3.05, 3.63) is 12.2 Å². The molecule has 0 aromatic rings. The molecule has 0 fully saturated rings. The maximum absolute atomic E-state index is 11.3. The minimum Gasteiger partial charge on any atom is -0.368 e. The minimum atomic E-state index is -1.16. The molecule has 6 N–H and O–H groups in total. The number of thiocarbonyl (C=S) groups is 1. The molecule has 0 heterocycles. The van der Waals surface area contributed by atoms with Gasteiger partial charge in [-0.3, -0.25) is 14.6 Å². The summed E-state index contributed by atoms with van der Waals surface area (Å²) in [6.45, 7) is 1.04. The van der Waals surface area contributed by atoms with Crippen molar-refractivity contribution in [3.63, 3.8) is 0 Å². The molecule has 0 radical (unpaired) electrons. The number of nitrogens with one attached hydrogen (secondary N) is 2. The number of hydrogen-bond donors (Lipinski definition) is 4. The van der Waals surface area contributed by atoms with Gasteiger partial charge in [0, 0.05) is 18.8 Å². The first-order valence-corrected chi connectivity index (χ1v) is 5.59. The number of nitrogens with zero attached hydrogens (tertiary/aromatic N) is 1. The normalized spacial score (nSPS) is 12.8. The molecule has 100 valence electrons. The Balaban J connectivity index is 4.00. The SMILES string of the molecule is CNCC=NC/C=C/C(=O)NC(=S)C(N)C(N)=O. The largest absolute Gasteiger partial charge is 0.368 e. The second-order valence-electron chi connectivity index (χ2n) is 3.24. The van der Waals surface area contributed by atoms with Crippen LogP contribution in [0.1, 0.15) is 0 Å². The van der Waals surface area contributed by atoms with E-state index in [9.17, 15) is 9.59 Å². The molecule has 0 aliphatic rings. The van der Waals surface area contributed by atoms with Gasteiger partial charge in [0.2, 0.25) is 11.8 Å². The summed E-state index contributed by atoms with van der Waals surface area (Å²) in [4.78, 5) is 25.9. The molecule has 1 atom stereocenters. The molecular weight excluding hydrogens is 254 g/mol. The number of rotatable bonds is 7. The number of amides is 2. The van der Waals surface area contributed by atoms with Crippen molar-refractivity contribution in [3.8, 4) is 0 Å². The molecule has 0 aliphatic heterocycles. The summed E-state index contributed by atoms with van der Waals surface area (Å²) in [6.07, 6.45) is 4.51. The molecule has 0 saturated heterocycles. The number of primary amides is 1. The molecule has 0 spiro atoms. The van der Waals surface area contributed by atoms with Gasteiger partial charge < -0.3 is 22.1 Å². The molecule has 0 saturated carbocycles. The monoisotopic (exact) mass is 271 g/mol. The Kier molecular flexibility index (Phi) is 8.54. The highest BCUT2D eigenvalue weighted by Crippen LogP contribution is 1.83. The third-order valence-electron chi connectivity index (χ3n) is 1.74. The van der Waals surface area contributed by atoms with Gasteiger partial charge in [0.15, 0.2) is 0 Å². The Labute approximate surface area is 111 Å². The van der Waals surface area contributed by atoms with Crippen molar-refractivity contribution >= 4 is 35.2 Å². The van der Waals surface area contributed by atoms with E-state index in [4.69, 9.17) is 23.7 Å². The lowest BCUT2D eigenvalue weighted by atomic mass is 10.3. The Morgan fingerprint density at radius 2 is 2.17 bits per heavy atom. The van der Waals surface area contributed by atoms with Crippen molar-refractivity contribution in [2.45, 2.75) is 6.04 Å². The molecular formula is C10H17N5O2S. The van der Waals surface area contributed by atoms with E-state index in [2.05, 4.69) is 15.6 Å². The third kappa shape index (κ3) is 7.60. The molecule has 0 aromatic heterocycles. The van der Waals surface area contributed by atoms with Crippen LogP contribution in [0.2, 0.25) is 0 Å². The summed E-state index contributed by atoms with van der Waals surface area (Å²) in [7, 11) is 1.80. The molecule has 0 aliphatic carbocycles. The van der Waals surface area contributed by atoms with Crippen LogP contribution < -0.4 is 22.1 Å². The van der Waals surface area contributed by atoms with Crippen molar-refractivity contribution in [2.24, 2.45) is 16.5 Å². The van der Waals surface area contributed by atoms with E-state index in [1.807, 2.05) is 0 Å². The fourth-order valence-corrected chi connectivity index (χ4v) is 1.04. The van der Waals surface area contributed by atoms with Crippen molar-refractivity contribution in [2.75, 3.05) is 20.1 Å². The van der Waals surface area contributed by atoms with Crippen LogP contribution in [-0.4, -0.2) is 49.2 Å². The Morgan fingerprint density at radius 3 is 2.72 bits per heavy atom. The van der Waals surface area contributed by atoms with Gasteiger partial charge >= 0.3 is 0 Å². The molecule has 1 unspecified atom stereocenters. The minimum absolute atomic E-state index is 0.101. The predicted molar refractivity (Wildman–Crippen MR) is 74.3 cm³/mol. The van der Waals surface area contributed by atoms with E-state index in [-0.39, 0.29) is 4.99 Å². The summed E-state index contributed by atoms with van der Waals surface area (Å²) in [5.41, 5.74) is 10.3. The average Bonchev–Trinajstić information content (AvgIpc) is 2.32. The van der Waals surface area contributed by atoms with Gasteiger partial charge in [0.05, 0.1) is 6.54 Å². The van der Waals surface area contributed by atoms with Gasteiger partial charge in [0.1, 0.15) is 11.0 Å². The van der Waals surface area contributed by atoms with Crippen LogP contribution in [-0.2, 0) is 9.59 Å².